The molecule has 0 bridgehead atoms. The lowest BCUT2D eigenvalue weighted by molar-refractivity contribution is 0.292. The maximum atomic E-state index is 13.0. The second-order valence-corrected chi connectivity index (χ2v) is 11.0. The van der Waals surface area contributed by atoms with Gasteiger partial charge in [0.1, 0.15) is 0 Å². The van der Waals surface area contributed by atoms with E-state index < -0.39 is 14.6 Å². The second kappa shape index (κ2) is 8.81. The monoisotopic (exact) mass is 417 g/mol. The topological polar surface area (TPSA) is 37.4 Å². The van der Waals surface area contributed by atoms with Crippen molar-refractivity contribution < 1.29 is 8.42 Å². The maximum Gasteiger partial charge on any atom is 0.183 e. The third kappa shape index (κ3) is 4.86. The molecule has 0 aliphatic carbocycles. The summed E-state index contributed by atoms with van der Waals surface area (Å²) in [5.74, 6) is 0. The second-order valence-electron chi connectivity index (χ2n) is 7.98. The van der Waals surface area contributed by atoms with Crippen molar-refractivity contribution in [3.63, 3.8) is 0 Å². The van der Waals surface area contributed by atoms with Crippen molar-refractivity contribution in [1.29, 1.82) is 0 Å². The predicted octanol–water partition coefficient (Wildman–Crippen LogP) is 5.46. The molecule has 0 atom stereocenters. The number of hydrogen-bond donors (Lipinski definition) is 0. The third-order valence-corrected chi connectivity index (χ3v) is 8.25. The molecule has 0 unspecified atom stereocenters. The molecular formula is C23H28ClNO2S. The van der Waals surface area contributed by atoms with Gasteiger partial charge in [-0.3, -0.25) is 4.90 Å². The Bertz CT molecular complexity index is 936. The molecule has 0 radical (unpaired) electrons. The summed E-state index contributed by atoms with van der Waals surface area (Å²) in [7, 11) is -3.34. The Kier molecular flexibility index (Phi) is 6.64. The number of hydrogen-bond acceptors (Lipinski definition) is 3. The SMILES string of the molecule is CC(C)(CCCN1CCC=C(c2cccc(Cl)c2)C1)S(=O)(=O)c1ccccc1. The summed E-state index contributed by atoms with van der Waals surface area (Å²) in [4.78, 5) is 2.81. The minimum Gasteiger partial charge on any atom is -0.299 e. The Labute approximate surface area is 173 Å². The summed E-state index contributed by atoms with van der Waals surface area (Å²) >= 11 is 6.13. The van der Waals surface area contributed by atoms with E-state index in [-0.39, 0.29) is 0 Å². The molecule has 0 saturated heterocycles. The van der Waals surface area contributed by atoms with Crippen molar-refractivity contribution in [2.24, 2.45) is 0 Å². The molecule has 0 aromatic heterocycles. The van der Waals surface area contributed by atoms with Gasteiger partial charge in [0, 0.05) is 18.1 Å². The molecule has 28 heavy (non-hydrogen) atoms. The molecule has 2 aromatic carbocycles. The predicted molar refractivity (Wildman–Crippen MR) is 117 cm³/mol. The van der Waals surface area contributed by atoms with Gasteiger partial charge in [-0.05, 0) is 75.1 Å². The van der Waals surface area contributed by atoms with Crippen LogP contribution in [0.4, 0.5) is 0 Å². The molecule has 0 saturated carbocycles. The van der Waals surface area contributed by atoms with E-state index in [4.69, 9.17) is 11.6 Å². The Morgan fingerprint density at radius 2 is 1.82 bits per heavy atom. The minimum atomic E-state index is -3.34. The summed E-state index contributed by atoms with van der Waals surface area (Å²) in [5, 5.41) is 0.753. The van der Waals surface area contributed by atoms with Crippen LogP contribution in [-0.2, 0) is 9.84 Å². The minimum absolute atomic E-state index is 0.407. The van der Waals surface area contributed by atoms with Gasteiger partial charge in [0.05, 0.1) is 9.64 Å². The summed E-state index contributed by atoms with van der Waals surface area (Å²) in [6.45, 7) is 6.46. The summed E-state index contributed by atoms with van der Waals surface area (Å²) in [6.07, 6.45) is 4.78. The van der Waals surface area contributed by atoms with Gasteiger partial charge < -0.3 is 0 Å². The van der Waals surface area contributed by atoms with E-state index in [0.29, 0.717) is 11.3 Å². The lowest BCUT2D eigenvalue weighted by Crippen LogP contribution is -2.35. The van der Waals surface area contributed by atoms with Gasteiger partial charge in [-0.1, -0.05) is 48.0 Å². The van der Waals surface area contributed by atoms with Crippen LogP contribution in [0.15, 0.2) is 65.6 Å². The number of benzene rings is 2. The molecule has 3 rings (SSSR count). The van der Waals surface area contributed by atoms with E-state index in [2.05, 4.69) is 17.0 Å². The van der Waals surface area contributed by atoms with E-state index >= 15 is 0 Å². The average Bonchev–Trinajstić information content (AvgIpc) is 2.68. The maximum absolute atomic E-state index is 13.0. The quantitative estimate of drug-likeness (QED) is 0.600. The van der Waals surface area contributed by atoms with Crippen LogP contribution in [-0.4, -0.2) is 37.7 Å². The van der Waals surface area contributed by atoms with E-state index in [1.807, 2.05) is 38.1 Å². The number of nitrogens with zero attached hydrogens (tertiary/aromatic N) is 1. The highest BCUT2D eigenvalue weighted by Gasteiger charge is 2.35. The number of halogens is 1. The molecule has 0 amide bonds. The molecular weight excluding hydrogens is 390 g/mol. The zero-order chi connectivity index (χ0) is 20.2. The average molecular weight is 418 g/mol. The largest absolute Gasteiger partial charge is 0.299 e. The molecule has 1 aliphatic heterocycles. The van der Waals surface area contributed by atoms with Crippen LogP contribution in [0.5, 0.6) is 0 Å². The Morgan fingerprint density at radius 3 is 2.54 bits per heavy atom. The standard InChI is InChI=1S/C23H28ClNO2S/c1-23(2,28(26,27)22-12-4-3-5-13-22)14-8-16-25-15-7-10-20(18-25)19-9-6-11-21(24)17-19/h3-6,9-13,17H,7-8,14-16,18H2,1-2H3. The molecule has 3 nitrogen and oxygen atoms in total. The van der Waals surface area contributed by atoms with Gasteiger partial charge in [-0.15, -0.1) is 0 Å². The van der Waals surface area contributed by atoms with E-state index in [0.717, 1.165) is 37.5 Å². The van der Waals surface area contributed by atoms with Gasteiger partial charge >= 0.3 is 0 Å². The molecule has 150 valence electrons. The van der Waals surface area contributed by atoms with Crippen molar-refractivity contribution >= 4 is 27.0 Å². The van der Waals surface area contributed by atoms with Crippen LogP contribution in [0.1, 0.15) is 38.7 Å². The summed E-state index contributed by atoms with van der Waals surface area (Å²) in [6, 6.07) is 16.7. The van der Waals surface area contributed by atoms with E-state index in [1.165, 1.54) is 11.1 Å². The van der Waals surface area contributed by atoms with Crippen LogP contribution in [0.3, 0.4) is 0 Å². The Balaban J connectivity index is 1.58. The highest BCUT2D eigenvalue weighted by Crippen LogP contribution is 2.30. The van der Waals surface area contributed by atoms with E-state index in [1.54, 1.807) is 24.3 Å². The molecule has 0 spiro atoms. The molecule has 1 aliphatic rings. The van der Waals surface area contributed by atoms with Gasteiger partial charge in [0.2, 0.25) is 0 Å². The van der Waals surface area contributed by atoms with Crippen LogP contribution in [0.25, 0.3) is 5.57 Å². The first-order valence-corrected chi connectivity index (χ1v) is 11.6. The van der Waals surface area contributed by atoms with Crippen molar-refractivity contribution in [2.45, 2.75) is 42.8 Å². The van der Waals surface area contributed by atoms with Gasteiger partial charge in [0.15, 0.2) is 9.84 Å². The Morgan fingerprint density at radius 1 is 1.07 bits per heavy atom. The molecule has 0 N–H and O–H groups in total. The highest BCUT2D eigenvalue weighted by molar-refractivity contribution is 7.92. The fraction of sp³-hybridized carbons (Fsp3) is 0.391. The smallest absolute Gasteiger partial charge is 0.183 e. The zero-order valence-electron chi connectivity index (χ0n) is 16.6. The number of sulfone groups is 1. The third-order valence-electron chi connectivity index (χ3n) is 5.46. The van der Waals surface area contributed by atoms with Crippen LogP contribution in [0, 0.1) is 0 Å². The van der Waals surface area contributed by atoms with Crippen molar-refractivity contribution in [3.05, 3.63) is 71.3 Å². The summed E-state index contributed by atoms with van der Waals surface area (Å²) < 4.78 is 25.2. The molecule has 2 aromatic rings. The van der Waals surface area contributed by atoms with Gasteiger partial charge in [0.25, 0.3) is 0 Å². The lowest BCUT2D eigenvalue weighted by atomic mass is 10.0. The number of rotatable bonds is 7. The molecule has 5 heteroatoms. The molecule has 1 heterocycles. The first-order valence-electron chi connectivity index (χ1n) is 9.77. The lowest BCUT2D eigenvalue weighted by Gasteiger charge is -2.30. The van der Waals surface area contributed by atoms with Crippen molar-refractivity contribution in [3.8, 4) is 0 Å². The fourth-order valence-corrected chi connectivity index (χ4v) is 5.43. The summed E-state index contributed by atoms with van der Waals surface area (Å²) in [5.41, 5.74) is 2.47. The fourth-order valence-electron chi connectivity index (χ4n) is 3.68. The first-order chi connectivity index (χ1) is 13.3. The van der Waals surface area contributed by atoms with Crippen LogP contribution in [0.2, 0.25) is 5.02 Å². The Hall–Kier alpha value is -1.62. The van der Waals surface area contributed by atoms with Crippen LogP contribution < -0.4 is 0 Å². The normalized spacial score (nSPS) is 16.0. The van der Waals surface area contributed by atoms with Gasteiger partial charge in [-0.25, -0.2) is 8.42 Å². The van der Waals surface area contributed by atoms with Crippen molar-refractivity contribution in [2.75, 3.05) is 19.6 Å². The van der Waals surface area contributed by atoms with Crippen LogP contribution >= 0.6 is 11.6 Å². The first kappa shape index (κ1) is 21.1. The van der Waals surface area contributed by atoms with E-state index in [9.17, 15) is 8.42 Å². The highest BCUT2D eigenvalue weighted by atomic mass is 35.5. The van der Waals surface area contributed by atoms with Gasteiger partial charge in [-0.2, -0.15) is 0 Å². The van der Waals surface area contributed by atoms with Crippen molar-refractivity contribution in [1.82, 2.24) is 4.90 Å². The zero-order valence-corrected chi connectivity index (χ0v) is 18.1. The molecule has 0 fully saturated rings.